The molecule has 140 valence electrons. The molecule has 0 bridgehead atoms. The van der Waals surface area contributed by atoms with Gasteiger partial charge in [0.25, 0.3) is 0 Å². The highest BCUT2D eigenvalue weighted by atomic mass is 16.7. The molecule has 6 heteroatoms. The second kappa shape index (κ2) is 10.1. The number of ether oxygens (including phenoxy) is 2. The number of amides is 1. The summed E-state index contributed by atoms with van der Waals surface area (Å²) in [7, 11) is 0. The molecule has 3 atom stereocenters. The van der Waals surface area contributed by atoms with Gasteiger partial charge in [0.15, 0.2) is 6.29 Å². The molecule has 1 saturated heterocycles. The molecule has 6 nitrogen and oxygen atoms in total. The molecule has 0 aliphatic carbocycles. The van der Waals surface area contributed by atoms with Gasteiger partial charge in [0.1, 0.15) is 11.9 Å². The van der Waals surface area contributed by atoms with E-state index in [1.54, 1.807) is 0 Å². The van der Waals surface area contributed by atoms with E-state index in [0.29, 0.717) is 38.8 Å². The van der Waals surface area contributed by atoms with E-state index in [9.17, 15) is 14.7 Å². The number of ketones is 1. The minimum atomic E-state index is -0.603. The van der Waals surface area contributed by atoms with Crippen molar-refractivity contribution in [1.29, 1.82) is 0 Å². The largest absolute Gasteiger partial charge is 0.388 e. The maximum Gasteiger partial charge on any atom is 0.220 e. The Morgan fingerprint density at radius 1 is 1.21 bits per heavy atom. The highest BCUT2D eigenvalue weighted by Gasteiger charge is 2.28. The minimum Gasteiger partial charge on any atom is -0.388 e. The van der Waals surface area contributed by atoms with Crippen LogP contribution in [-0.2, 0) is 19.1 Å². The predicted octanol–water partition coefficient (Wildman–Crippen LogP) is 2.18. The van der Waals surface area contributed by atoms with Crippen molar-refractivity contribution in [3.05, 3.63) is 0 Å². The zero-order chi connectivity index (χ0) is 18.2. The molecule has 0 spiro atoms. The molecular weight excluding hydrogens is 310 g/mol. The van der Waals surface area contributed by atoms with Crippen LogP contribution in [0, 0.1) is 5.41 Å². The Balaban J connectivity index is 2.05. The number of carbonyl (C=O) groups is 2. The highest BCUT2D eigenvalue weighted by Crippen LogP contribution is 2.20. The van der Waals surface area contributed by atoms with Crippen molar-refractivity contribution in [1.82, 2.24) is 5.32 Å². The van der Waals surface area contributed by atoms with Crippen molar-refractivity contribution in [2.45, 2.75) is 84.7 Å². The maximum absolute atomic E-state index is 11.8. The van der Waals surface area contributed by atoms with Crippen LogP contribution < -0.4 is 5.32 Å². The summed E-state index contributed by atoms with van der Waals surface area (Å²) in [6, 6.07) is 0. The van der Waals surface area contributed by atoms with Crippen molar-refractivity contribution in [2.75, 3.05) is 13.2 Å². The van der Waals surface area contributed by atoms with Gasteiger partial charge in [0.2, 0.25) is 5.91 Å². The van der Waals surface area contributed by atoms with Gasteiger partial charge in [-0.1, -0.05) is 20.8 Å². The van der Waals surface area contributed by atoms with E-state index in [1.807, 2.05) is 27.7 Å². The van der Waals surface area contributed by atoms with Crippen molar-refractivity contribution in [3.8, 4) is 0 Å². The lowest BCUT2D eigenvalue weighted by Gasteiger charge is -2.31. The molecule has 0 aromatic carbocycles. The lowest BCUT2D eigenvalue weighted by Crippen LogP contribution is -2.41. The third-order valence-corrected chi connectivity index (χ3v) is 4.15. The van der Waals surface area contributed by atoms with E-state index >= 15 is 0 Å². The zero-order valence-corrected chi connectivity index (χ0v) is 15.5. The van der Waals surface area contributed by atoms with Crippen LogP contribution in [0.4, 0.5) is 0 Å². The Morgan fingerprint density at radius 2 is 1.88 bits per heavy atom. The summed E-state index contributed by atoms with van der Waals surface area (Å²) in [4.78, 5) is 23.5. The average molecular weight is 343 g/mol. The predicted molar refractivity (Wildman–Crippen MR) is 91.5 cm³/mol. The van der Waals surface area contributed by atoms with E-state index < -0.39 is 12.4 Å². The SMILES string of the molecule is C[C@H]1CC[C@H](O)[C@H](OCCNC(=O)CCCCC(=O)C(C)(C)C)O1. The normalized spacial score (nSPS) is 24.6. The van der Waals surface area contributed by atoms with Crippen LogP contribution in [0.15, 0.2) is 0 Å². The van der Waals surface area contributed by atoms with Gasteiger partial charge in [-0.2, -0.15) is 0 Å². The van der Waals surface area contributed by atoms with E-state index in [0.717, 1.165) is 12.8 Å². The Labute approximate surface area is 145 Å². The van der Waals surface area contributed by atoms with Gasteiger partial charge in [0.05, 0.1) is 12.7 Å². The Hall–Kier alpha value is -0.980. The Kier molecular flexibility index (Phi) is 8.87. The lowest BCUT2D eigenvalue weighted by atomic mass is 9.88. The molecule has 1 heterocycles. The fourth-order valence-corrected chi connectivity index (χ4v) is 2.48. The Morgan fingerprint density at radius 3 is 2.54 bits per heavy atom. The highest BCUT2D eigenvalue weighted by molar-refractivity contribution is 5.83. The van der Waals surface area contributed by atoms with Crippen LogP contribution in [0.2, 0.25) is 0 Å². The van der Waals surface area contributed by atoms with E-state index in [4.69, 9.17) is 9.47 Å². The van der Waals surface area contributed by atoms with Gasteiger partial charge < -0.3 is 19.9 Å². The smallest absolute Gasteiger partial charge is 0.220 e. The van der Waals surface area contributed by atoms with Crippen LogP contribution in [0.5, 0.6) is 0 Å². The molecule has 0 radical (unpaired) electrons. The van der Waals surface area contributed by atoms with Gasteiger partial charge in [-0.3, -0.25) is 9.59 Å². The molecule has 0 aromatic rings. The Bertz CT molecular complexity index is 405. The first kappa shape index (κ1) is 21.1. The molecule has 0 saturated carbocycles. The molecule has 2 N–H and O–H groups in total. The number of unbranched alkanes of at least 4 members (excludes halogenated alkanes) is 1. The van der Waals surface area contributed by atoms with Crippen molar-refractivity contribution < 1.29 is 24.2 Å². The van der Waals surface area contributed by atoms with Gasteiger partial charge in [-0.25, -0.2) is 0 Å². The summed E-state index contributed by atoms with van der Waals surface area (Å²) >= 11 is 0. The summed E-state index contributed by atoms with van der Waals surface area (Å²) < 4.78 is 11.0. The number of rotatable bonds is 9. The van der Waals surface area contributed by atoms with Crippen LogP contribution >= 0.6 is 0 Å². The number of Topliss-reactive ketones (excluding diaryl/α,β-unsaturated/α-hetero) is 1. The summed E-state index contributed by atoms with van der Waals surface area (Å²) in [6.45, 7) is 8.39. The number of carbonyl (C=O) groups excluding carboxylic acids is 2. The molecule has 1 aliphatic rings. The fourth-order valence-electron chi connectivity index (χ4n) is 2.48. The van der Waals surface area contributed by atoms with Crippen molar-refractivity contribution >= 4 is 11.7 Å². The first-order valence-electron chi connectivity index (χ1n) is 8.95. The van der Waals surface area contributed by atoms with Gasteiger partial charge in [-0.05, 0) is 32.6 Å². The van der Waals surface area contributed by atoms with E-state index in [-0.39, 0.29) is 23.2 Å². The standard InChI is InChI=1S/C18H33NO5/c1-13-9-10-14(20)17(24-13)23-12-11-19-16(22)8-6-5-7-15(21)18(2,3)4/h13-14,17,20H,5-12H2,1-4H3,(H,19,22)/t13-,14-,17+/m0/s1. The first-order chi connectivity index (χ1) is 11.2. The summed E-state index contributed by atoms with van der Waals surface area (Å²) in [5, 5.41) is 12.6. The summed E-state index contributed by atoms with van der Waals surface area (Å²) in [5.74, 6) is 0.192. The summed E-state index contributed by atoms with van der Waals surface area (Å²) in [5.41, 5.74) is -0.303. The quantitative estimate of drug-likeness (QED) is 0.627. The van der Waals surface area contributed by atoms with Crippen LogP contribution in [0.3, 0.4) is 0 Å². The van der Waals surface area contributed by atoms with E-state index in [2.05, 4.69) is 5.32 Å². The molecule has 1 amide bonds. The molecular formula is C18H33NO5. The van der Waals surface area contributed by atoms with Crippen LogP contribution in [-0.4, -0.2) is 48.4 Å². The van der Waals surface area contributed by atoms with Crippen molar-refractivity contribution in [3.63, 3.8) is 0 Å². The number of aliphatic hydroxyl groups excluding tert-OH is 1. The van der Waals surface area contributed by atoms with Crippen LogP contribution in [0.1, 0.15) is 66.2 Å². The monoisotopic (exact) mass is 343 g/mol. The van der Waals surface area contributed by atoms with Gasteiger partial charge >= 0.3 is 0 Å². The molecule has 1 aliphatic heterocycles. The minimum absolute atomic E-state index is 0.0414. The number of hydrogen-bond acceptors (Lipinski definition) is 5. The fraction of sp³-hybridized carbons (Fsp3) is 0.889. The second-order valence-electron chi connectivity index (χ2n) is 7.56. The zero-order valence-electron chi connectivity index (χ0n) is 15.5. The van der Waals surface area contributed by atoms with Gasteiger partial charge in [-0.15, -0.1) is 0 Å². The molecule has 0 aromatic heterocycles. The van der Waals surface area contributed by atoms with Crippen molar-refractivity contribution in [2.24, 2.45) is 5.41 Å². The molecule has 1 fully saturated rings. The second-order valence-corrected chi connectivity index (χ2v) is 7.56. The number of nitrogens with one attached hydrogen (secondary N) is 1. The topological polar surface area (TPSA) is 84.9 Å². The van der Waals surface area contributed by atoms with Gasteiger partial charge in [0, 0.05) is 24.8 Å². The molecule has 24 heavy (non-hydrogen) atoms. The maximum atomic E-state index is 11.8. The van der Waals surface area contributed by atoms with Crippen LogP contribution in [0.25, 0.3) is 0 Å². The third kappa shape index (κ3) is 8.22. The number of aliphatic hydroxyl groups is 1. The average Bonchev–Trinajstić information content (AvgIpc) is 2.50. The molecule has 1 rings (SSSR count). The first-order valence-corrected chi connectivity index (χ1v) is 8.95. The summed E-state index contributed by atoms with van der Waals surface area (Å²) in [6.07, 6.45) is 2.76. The number of hydrogen-bond donors (Lipinski definition) is 2. The lowest BCUT2D eigenvalue weighted by molar-refractivity contribution is -0.235. The third-order valence-electron chi connectivity index (χ3n) is 4.15. The van der Waals surface area contributed by atoms with E-state index in [1.165, 1.54) is 0 Å². The molecule has 0 unspecified atom stereocenters.